The maximum absolute atomic E-state index is 12.4. The molecule has 0 unspecified atom stereocenters. The Labute approximate surface area is 143 Å². The highest BCUT2D eigenvalue weighted by Gasteiger charge is 2.17. The number of hydrogen-bond donors (Lipinski definition) is 0. The molecule has 1 aromatic heterocycles. The van der Waals surface area contributed by atoms with Crippen molar-refractivity contribution in [2.45, 2.75) is 27.7 Å². The highest BCUT2D eigenvalue weighted by Crippen LogP contribution is 2.23. The fourth-order valence-electron chi connectivity index (χ4n) is 2.89. The summed E-state index contributed by atoms with van der Waals surface area (Å²) in [7, 11) is 0. The number of amides is 1. The molecule has 1 heterocycles. The summed E-state index contributed by atoms with van der Waals surface area (Å²) >= 11 is 0. The molecular weight excluding hydrogens is 298 g/mol. The molecule has 2 rings (SSSR count). The van der Waals surface area contributed by atoms with Crippen molar-refractivity contribution in [3.8, 4) is 11.8 Å². The van der Waals surface area contributed by atoms with Crippen molar-refractivity contribution < 1.29 is 4.79 Å². The highest BCUT2D eigenvalue weighted by molar-refractivity contribution is 6.01. The fourth-order valence-corrected chi connectivity index (χ4v) is 2.89. The molecule has 0 N–H and O–H groups in total. The van der Waals surface area contributed by atoms with Crippen LogP contribution in [0.1, 0.15) is 30.8 Å². The molecule has 0 aliphatic rings. The van der Waals surface area contributed by atoms with E-state index in [0.29, 0.717) is 13.1 Å². The third kappa shape index (κ3) is 3.41. The van der Waals surface area contributed by atoms with Crippen molar-refractivity contribution >= 4 is 12.0 Å². The van der Waals surface area contributed by atoms with Crippen molar-refractivity contribution in [3.05, 3.63) is 58.9 Å². The second-order valence-corrected chi connectivity index (χ2v) is 5.64. The first-order chi connectivity index (χ1) is 11.5. The van der Waals surface area contributed by atoms with Crippen LogP contribution in [-0.4, -0.2) is 28.5 Å². The lowest BCUT2D eigenvalue weighted by Gasteiger charge is -2.17. The largest absolute Gasteiger partial charge is 0.339 e. The van der Waals surface area contributed by atoms with Crippen LogP contribution < -0.4 is 0 Å². The van der Waals surface area contributed by atoms with E-state index in [0.717, 1.165) is 22.6 Å². The summed E-state index contributed by atoms with van der Waals surface area (Å²) in [6.07, 6.45) is 1.70. The lowest BCUT2D eigenvalue weighted by molar-refractivity contribution is -0.126. The molecule has 0 fully saturated rings. The summed E-state index contributed by atoms with van der Waals surface area (Å²) in [5.41, 5.74) is 4.22. The van der Waals surface area contributed by atoms with E-state index in [-0.39, 0.29) is 11.5 Å². The van der Waals surface area contributed by atoms with E-state index in [1.165, 1.54) is 0 Å². The summed E-state index contributed by atoms with van der Waals surface area (Å²) in [5.74, 6) is -0.216. The van der Waals surface area contributed by atoms with Gasteiger partial charge in [0.2, 0.25) is 0 Å². The van der Waals surface area contributed by atoms with Crippen LogP contribution in [0.4, 0.5) is 0 Å². The van der Waals surface area contributed by atoms with Crippen LogP contribution in [0.5, 0.6) is 0 Å². The predicted octanol–water partition coefficient (Wildman–Crippen LogP) is 3.87. The molecule has 124 valence electrons. The first kappa shape index (κ1) is 17.6. The van der Waals surface area contributed by atoms with Gasteiger partial charge >= 0.3 is 0 Å². The van der Waals surface area contributed by atoms with E-state index in [4.69, 9.17) is 0 Å². The second-order valence-electron chi connectivity index (χ2n) is 5.64. The third-order valence-corrected chi connectivity index (χ3v) is 4.19. The van der Waals surface area contributed by atoms with Gasteiger partial charge in [-0.2, -0.15) is 5.26 Å². The number of nitriles is 1. The number of carbonyl (C=O) groups excluding carboxylic acids is 1. The Hall–Kier alpha value is -2.80. The standard InChI is InChI=1S/C20H23N3O/c1-5-22(6-2)20(24)18(14-21)13-17-12-15(3)23(16(17)4)19-10-8-7-9-11-19/h7-13H,5-6H2,1-4H3/b18-13-. The van der Waals surface area contributed by atoms with Gasteiger partial charge in [0.1, 0.15) is 11.6 Å². The van der Waals surface area contributed by atoms with Gasteiger partial charge in [-0.3, -0.25) is 4.79 Å². The molecule has 2 aromatic rings. The lowest BCUT2D eigenvalue weighted by Crippen LogP contribution is -2.31. The maximum atomic E-state index is 12.4. The van der Waals surface area contributed by atoms with Crippen LogP contribution in [0.2, 0.25) is 0 Å². The van der Waals surface area contributed by atoms with Gasteiger partial charge in [-0.25, -0.2) is 0 Å². The summed E-state index contributed by atoms with van der Waals surface area (Å²) in [4.78, 5) is 14.1. The Kier molecular flexibility index (Phi) is 5.59. The molecule has 1 aromatic carbocycles. The van der Waals surface area contributed by atoms with Gasteiger partial charge in [0.25, 0.3) is 5.91 Å². The molecule has 0 radical (unpaired) electrons. The fraction of sp³-hybridized carbons (Fsp3) is 0.300. The Balaban J connectivity index is 2.47. The molecular formula is C20H23N3O. The van der Waals surface area contributed by atoms with Crippen LogP contribution in [0.3, 0.4) is 0 Å². The number of carbonyl (C=O) groups is 1. The van der Waals surface area contributed by atoms with E-state index < -0.39 is 0 Å². The topological polar surface area (TPSA) is 49.0 Å². The molecule has 4 heteroatoms. The molecule has 24 heavy (non-hydrogen) atoms. The summed E-state index contributed by atoms with van der Waals surface area (Å²) in [6, 6.07) is 14.1. The molecule has 4 nitrogen and oxygen atoms in total. The van der Waals surface area contributed by atoms with Crippen LogP contribution >= 0.6 is 0 Å². The molecule has 0 saturated heterocycles. The zero-order valence-electron chi connectivity index (χ0n) is 14.7. The van der Waals surface area contributed by atoms with Gasteiger partial charge in [-0.05, 0) is 57.5 Å². The van der Waals surface area contributed by atoms with Gasteiger partial charge in [-0.1, -0.05) is 18.2 Å². The smallest absolute Gasteiger partial charge is 0.264 e. The van der Waals surface area contributed by atoms with E-state index >= 15 is 0 Å². The van der Waals surface area contributed by atoms with Crippen molar-refractivity contribution in [2.24, 2.45) is 0 Å². The molecule has 0 atom stereocenters. The van der Waals surface area contributed by atoms with Crippen molar-refractivity contribution in [2.75, 3.05) is 13.1 Å². The summed E-state index contributed by atoms with van der Waals surface area (Å²) in [5, 5.41) is 9.41. The molecule has 1 amide bonds. The first-order valence-corrected chi connectivity index (χ1v) is 8.18. The molecule has 0 saturated carbocycles. The SMILES string of the molecule is CCN(CC)C(=O)/C(C#N)=C\c1cc(C)n(-c2ccccc2)c1C. The van der Waals surface area contributed by atoms with Gasteiger partial charge in [0.15, 0.2) is 0 Å². The van der Waals surface area contributed by atoms with E-state index in [2.05, 4.69) is 10.6 Å². The summed E-state index contributed by atoms with van der Waals surface area (Å²) in [6.45, 7) is 9.04. The number of aromatic nitrogens is 1. The van der Waals surface area contributed by atoms with Gasteiger partial charge in [0.05, 0.1) is 0 Å². The van der Waals surface area contributed by atoms with Crippen LogP contribution in [-0.2, 0) is 4.79 Å². The highest BCUT2D eigenvalue weighted by atomic mass is 16.2. The zero-order chi connectivity index (χ0) is 17.7. The maximum Gasteiger partial charge on any atom is 0.264 e. The van der Waals surface area contributed by atoms with Crippen molar-refractivity contribution in [1.82, 2.24) is 9.47 Å². The van der Waals surface area contributed by atoms with Gasteiger partial charge < -0.3 is 9.47 Å². The number of hydrogen-bond acceptors (Lipinski definition) is 2. The Morgan fingerprint density at radius 2 is 1.83 bits per heavy atom. The molecule has 0 spiro atoms. The number of nitrogens with zero attached hydrogens (tertiary/aromatic N) is 3. The average Bonchev–Trinajstić information content (AvgIpc) is 2.88. The number of para-hydroxylation sites is 1. The number of rotatable bonds is 5. The minimum atomic E-state index is -0.216. The summed E-state index contributed by atoms with van der Waals surface area (Å²) < 4.78 is 2.13. The van der Waals surface area contributed by atoms with Crippen LogP contribution in [0.25, 0.3) is 11.8 Å². The molecule has 0 aliphatic heterocycles. The lowest BCUT2D eigenvalue weighted by atomic mass is 10.1. The minimum absolute atomic E-state index is 0.173. The van der Waals surface area contributed by atoms with E-state index in [1.54, 1.807) is 11.0 Å². The minimum Gasteiger partial charge on any atom is -0.339 e. The third-order valence-electron chi connectivity index (χ3n) is 4.19. The van der Waals surface area contributed by atoms with Crippen LogP contribution in [0.15, 0.2) is 42.0 Å². The second kappa shape index (κ2) is 7.65. The van der Waals surface area contributed by atoms with E-state index in [1.807, 2.05) is 64.1 Å². The Bertz CT molecular complexity index is 790. The molecule has 0 bridgehead atoms. The normalized spacial score (nSPS) is 11.2. The van der Waals surface area contributed by atoms with Gasteiger partial charge in [0, 0.05) is 30.2 Å². The predicted molar refractivity (Wildman–Crippen MR) is 96.8 cm³/mol. The number of benzene rings is 1. The molecule has 0 aliphatic carbocycles. The average molecular weight is 321 g/mol. The zero-order valence-corrected chi connectivity index (χ0v) is 14.7. The first-order valence-electron chi connectivity index (χ1n) is 8.18. The number of likely N-dealkylation sites (N-methyl/N-ethyl adjacent to an activating group) is 1. The van der Waals surface area contributed by atoms with Crippen molar-refractivity contribution in [3.63, 3.8) is 0 Å². The quantitative estimate of drug-likeness (QED) is 0.620. The van der Waals surface area contributed by atoms with Crippen LogP contribution in [0, 0.1) is 25.2 Å². The van der Waals surface area contributed by atoms with Gasteiger partial charge in [-0.15, -0.1) is 0 Å². The Morgan fingerprint density at radius 1 is 1.21 bits per heavy atom. The number of aryl methyl sites for hydroxylation is 1. The monoisotopic (exact) mass is 321 g/mol. The Morgan fingerprint density at radius 3 is 2.38 bits per heavy atom. The van der Waals surface area contributed by atoms with Crippen molar-refractivity contribution in [1.29, 1.82) is 5.26 Å². The van der Waals surface area contributed by atoms with E-state index in [9.17, 15) is 10.1 Å².